The Morgan fingerprint density at radius 2 is 1.77 bits per heavy atom. The zero-order chi connectivity index (χ0) is 37.7. The van der Waals surface area contributed by atoms with Crippen LogP contribution in [0.15, 0.2) is 47.4 Å². The summed E-state index contributed by atoms with van der Waals surface area (Å²) in [6, 6.07) is 12.1. The van der Waals surface area contributed by atoms with E-state index in [0.717, 1.165) is 51.2 Å². The van der Waals surface area contributed by atoms with Crippen LogP contribution in [0, 0.1) is 6.92 Å². The molecule has 0 bridgehead atoms. The molecule has 6 rings (SSSR count). The first-order valence-electron chi connectivity index (χ1n) is 18.7. The third-order valence-corrected chi connectivity index (χ3v) is 15.5. The van der Waals surface area contributed by atoms with E-state index in [1.54, 1.807) is 4.90 Å². The lowest BCUT2D eigenvalue weighted by molar-refractivity contribution is 0.0198. The number of piperazine rings is 1. The van der Waals surface area contributed by atoms with Crippen LogP contribution in [-0.4, -0.2) is 83.5 Å². The van der Waals surface area contributed by atoms with Gasteiger partial charge in [-0.2, -0.15) is 10.1 Å². The fourth-order valence-electron chi connectivity index (χ4n) is 7.19. The number of nitrogens with zero attached hydrogens (tertiary/aromatic N) is 6. The summed E-state index contributed by atoms with van der Waals surface area (Å²) in [5, 5.41) is 8.56. The van der Waals surface area contributed by atoms with E-state index >= 15 is 0 Å². The van der Waals surface area contributed by atoms with E-state index < -0.39 is 13.9 Å². The molecule has 4 heterocycles. The van der Waals surface area contributed by atoms with Gasteiger partial charge in [-0.1, -0.05) is 58.9 Å². The van der Waals surface area contributed by atoms with Crippen LogP contribution in [0.3, 0.4) is 0 Å². The quantitative estimate of drug-likeness (QED) is 0.195. The van der Waals surface area contributed by atoms with Crippen molar-refractivity contribution in [3.8, 4) is 5.69 Å². The van der Waals surface area contributed by atoms with Crippen LogP contribution in [0.2, 0.25) is 18.1 Å². The smallest absolute Gasteiger partial charge is 0.410 e. The number of nitrogens with one attached hydrogen (secondary N) is 1. The minimum Gasteiger partial charge on any atom is -0.444 e. The summed E-state index contributed by atoms with van der Waals surface area (Å²) in [6.45, 7) is 26.4. The van der Waals surface area contributed by atoms with Crippen molar-refractivity contribution in [3.63, 3.8) is 0 Å². The normalized spacial score (nSPS) is 17.2. The fourth-order valence-corrected chi connectivity index (χ4v) is 8.24. The zero-order valence-electron chi connectivity index (χ0n) is 33.0. The summed E-state index contributed by atoms with van der Waals surface area (Å²) in [5.41, 5.74) is 6.31. The highest BCUT2D eigenvalue weighted by molar-refractivity contribution is 6.74. The molecule has 1 N–H and O–H groups in total. The first kappa shape index (κ1) is 37.6. The van der Waals surface area contributed by atoms with Gasteiger partial charge in [0.15, 0.2) is 8.32 Å². The lowest BCUT2D eigenvalue weighted by atomic mass is 9.98. The molecule has 52 heavy (non-hydrogen) atoms. The molecule has 2 aliphatic rings. The van der Waals surface area contributed by atoms with Crippen molar-refractivity contribution < 1.29 is 14.0 Å². The topological polar surface area (TPSA) is 109 Å². The Morgan fingerprint density at radius 1 is 1.04 bits per heavy atom. The molecule has 2 aliphatic heterocycles. The van der Waals surface area contributed by atoms with Gasteiger partial charge in [0.1, 0.15) is 11.4 Å². The molecule has 11 nitrogen and oxygen atoms in total. The Hall–Kier alpha value is -4.16. The second kappa shape index (κ2) is 14.0. The van der Waals surface area contributed by atoms with Crippen molar-refractivity contribution in [2.24, 2.45) is 0 Å². The monoisotopic (exact) mass is 727 g/mol. The van der Waals surface area contributed by atoms with Crippen LogP contribution < -0.4 is 15.5 Å². The Labute approximate surface area is 309 Å². The van der Waals surface area contributed by atoms with E-state index in [2.05, 4.69) is 92.8 Å². The molecule has 4 aromatic rings. The van der Waals surface area contributed by atoms with Gasteiger partial charge in [-0.3, -0.25) is 9.67 Å². The van der Waals surface area contributed by atoms with Crippen LogP contribution in [0.1, 0.15) is 83.7 Å². The molecule has 1 atom stereocenters. The van der Waals surface area contributed by atoms with Gasteiger partial charge in [-0.25, -0.2) is 9.59 Å². The third-order valence-electron chi connectivity index (χ3n) is 11.0. The summed E-state index contributed by atoms with van der Waals surface area (Å²) < 4.78 is 14.5. The predicted octanol–water partition coefficient (Wildman–Crippen LogP) is 7.55. The highest BCUT2D eigenvalue weighted by atomic mass is 28.4. The number of anilines is 2. The lowest BCUT2D eigenvalue weighted by Crippen LogP contribution is -2.59. The number of rotatable bonds is 7. The molecule has 0 aliphatic carbocycles. The van der Waals surface area contributed by atoms with Crippen molar-refractivity contribution in [1.29, 1.82) is 0 Å². The molecule has 1 amide bonds. The number of para-hydroxylation sites is 1. The average molecular weight is 728 g/mol. The summed E-state index contributed by atoms with van der Waals surface area (Å²) >= 11 is 0. The zero-order valence-corrected chi connectivity index (χ0v) is 34.0. The number of H-pyrrole nitrogens is 1. The number of ether oxygens (including phenoxy) is 1. The summed E-state index contributed by atoms with van der Waals surface area (Å²) in [5.74, 6) is 0.904. The van der Waals surface area contributed by atoms with Gasteiger partial charge >= 0.3 is 11.8 Å². The van der Waals surface area contributed by atoms with Crippen molar-refractivity contribution in [3.05, 3.63) is 75.5 Å². The Bertz CT molecular complexity index is 2010. The molecule has 0 saturated carbocycles. The molecule has 1 saturated heterocycles. The van der Waals surface area contributed by atoms with Gasteiger partial charge in [0.25, 0.3) is 0 Å². The minimum atomic E-state index is -2.15. The van der Waals surface area contributed by atoms with E-state index in [-0.39, 0.29) is 28.8 Å². The summed E-state index contributed by atoms with van der Waals surface area (Å²) in [4.78, 5) is 39.3. The van der Waals surface area contributed by atoms with Gasteiger partial charge in [0, 0.05) is 37.1 Å². The minimum absolute atomic E-state index is 0.0124. The van der Waals surface area contributed by atoms with Gasteiger partial charge < -0.3 is 23.9 Å². The fraction of sp³-hybridized carbons (Fsp3) is 0.550. The number of carbonyl (C=O) groups excluding carboxylic acids is 1. The number of aromatic amines is 1. The van der Waals surface area contributed by atoms with Crippen molar-refractivity contribution >= 4 is 36.8 Å². The second-order valence-corrected chi connectivity index (χ2v) is 22.1. The Balaban J connectivity index is 1.48. The van der Waals surface area contributed by atoms with Crippen molar-refractivity contribution in [1.82, 2.24) is 24.6 Å². The number of fused-ring (bicyclic) bond motifs is 2. The number of hydrogen-bond donors (Lipinski definition) is 1. The lowest BCUT2D eigenvalue weighted by Gasteiger charge is -2.45. The van der Waals surface area contributed by atoms with Crippen molar-refractivity contribution in [2.75, 3.05) is 42.6 Å². The van der Waals surface area contributed by atoms with Crippen LogP contribution in [0.25, 0.3) is 16.6 Å². The van der Waals surface area contributed by atoms with Gasteiger partial charge in [-0.05, 0) is 81.4 Å². The van der Waals surface area contributed by atoms with E-state index in [1.807, 2.05) is 49.7 Å². The Morgan fingerprint density at radius 3 is 2.46 bits per heavy atom. The van der Waals surface area contributed by atoms with Gasteiger partial charge in [0.05, 0.1) is 48.0 Å². The largest absolute Gasteiger partial charge is 0.444 e. The average Bonchev–Trinajstić information content (AvgIpc) is 3.54. The standard InChI is InChI=1S/C40H57N7O4Si/c1-26(2)29-14-12-13-15-33(29)47-34-24-44(35-27(3)16-17-32-31(35)22-41-43-32)19-18-30(34)36(42-37(47)48)46-21-20-45(38(49)51-39(4,5)6)23-28(46)25-50-52(10,11)40(7,8)9/h12-17,22,26,28H,18-21,23-25H2,1-11H3,(H,41,43). The van der Waals surface area contributed by atoms with E-state index in [4.69, 9.17) is 14.1 Å². The van der Waals surface area contributed by atoms with Gasteiger partial charge in [0.2, 0.25) is 0 Å². The molecule has 2 aromatic heterocycles. The van der Waals surface area contributed by atoms with E-state index in [1.165, 1.54) is 0 Å². The molecule has 0 spiro atoms. The van der Waals surface area contributed by atoms with Crippen LogP contribution >= 0.6 is 0 Å². The molecule has 12 heteroatoms. The number of carbonyl (C=O) groups is 1. The number of aryl methyl sites for hydroxylation is 1. The summed E-state index contributed by atoms with van der Waals surface area (Å²) in [7, 11) is -2.15. The molecular formula is C40H57N7O4Si. The van der Waals surface area contributed by atoms with Gasteiger partial charge in [-0.15, -0.1) is 0 Å². The first-order valence-corrected chi connectivity index (χ1v) is 21.6. The van der Waals surface area contributed by atoms with E-state index in [9.17, 15) is 9.59 Å². The van der Waals surface area contributed by atoms with Crippen molar-refractivity contribution in [2.45, 2.75) is 111 Å². The number of benzene rings is 2. The second-order valence-electron chi connectivity index (χ2n) is 17.3. The predicted molar refractivity (Wildman–Crippen MR) is 212 cm³/mol. The maximum absolute atomic E-state index is 14.6. The highest BCUT2D eigenvalue weighted by Crippen LogP contribution is 2.39. The van der Waals surface area contributed by atoms with Crippen LogP contribution in [0.5, 0.6) is 0 Å². The maximum atomic E-state index is 14.6. The number of amides is 1. The molecule has 1 fully saturated rings. The number of aromatic nitrogens is 4. The molecule has 2 aromatic carbocycles. The molecule has 1 unspecified atom stereocenters. The maximum Gasteiger partial charge on any atom is 0.410 e. The number of hydrogen-bond acceptors (Lipinski definition) is 8. The Kier molecular flexibility index (Phi) is 10.1. The third kappa shape index (κ3) is 7.37. The molecule has 0 radical (unpaired) electrons. The highest BCUT2D eigenvalue weighted by Gasteiger charge is 2.41. The summed E-state index contributed by atoms with van der Waals surface area (Å²) in [6.07, 6.45) is 2.25. The molecular weight excluding hydrogens is 671 g/mol. The first-order chi connectivity index (χ1) is 24.4. The SMILES string of the molecule is Cc1ccc2[nH]ncc2c1N1CCc2c(N3CCN(C(=O)OC(C)(C)C)CC3CO[Si](C)(C)C(C)(C)C)nc(=O)n(-c3ccccc3C(C)C)c2C1. The van der Waals surface area contributed by atoms with E-state index in [0.29, 0.717) is 45.0 Å². The van der Waals surface area contributed by atoms with Crippen LogP contribution in [-0.2, 0) is 22.1 Å². The van der Waals surface area contributed by atoms with Crippen LogP contribution in [0.4, 0.5) is 16.3 Å². The molecule has 280 valence electrons.